The lowest BCUT2D eigenvalue weighted by Gasteiger charge is -2.21. The van der Waals surface area contributed by atoms with Gasteiger partial charge in [0.15, 0.2) is 5.76 Å². The molecule has 30 heavy (non-hydrogen) atoms. The van der Waals surface area contributed by atoms with Crippen LogP contribution in [-0.4, -0.2) is 42.1 Å². The van der Waals surface area contributed by atoms with Crippen molar-refractivity contribution in [2.24, 2.45) is 0 Å². The number of methoxy groups -OCH3 is 1. The van der Waals surface area contributed by atoms with Crippen LogP contribution in [0, 0.1) is 0 Å². The maximum atomic E-state index is 12.7. The molecule has 1 atom stereocenters. The topological polar surface area (TPSA) is 82.1 Å². The third-order valence-corrected chi connectivity index (χ3v) is 5.13. The molecule has 154 valence electrons. The van der Waals surface area contributed by atoms with E-state index in [1.165, 1.54) is 7.11 Å². The zero-order valence-corrected chi connectivity index (χ0v) is 16.9. The molecule has 2 aliphatic heterocycles. The highest BCUT2D eigenvalue weighted by molar-refractivity contribution is 6.21. The van der Waals surface area contributed by atoms with Crippen LogP contribution in [0.25, 0.3) is 5.76 Å². The second kappa shape index (κ2) is 7.33. The Morgan fingerprint density at radius 3 is 2.13 bits per heavy atom. The maximum Gasteiger partial charge on any atom is 0.314 e. The third-order valence-electron chi connectivity index (χ3n) is 5.13. The van der Waals surface area contributed by atoms with Crippen LogP contribution in [0.2, 0.25) is 0 Å². The minimum Gasteiger partial charge on any atom is -0.468 e. The van der Waals surface area contributed by atoms with Crippen LogP contribution >= 0.6 is 0 Å². The van der Waals surface area contributed by atoms with Crippen molar-refractivity contribution in [2.45, 2.75) is 25.6 Å². The quantitative estimate of drug-likeness (QED) is 0.559. The highest BCUT2D eigenvalue weighted by Crippen LogP contribution is 2.32. The molecule has 7 heteroatoms. The smallest absolute Gasteiger partial charge is 0.314 e. The Hall–Kier alpha value is -3.61. The summed E-state index contributed by atoms with van der Waals surface area (Å²) in [6.07, 6.45) is 1.55. The van der Waals surface area contributed by atoms with E-state index in [0.717, 1.165) is 10.5 Å². The second-order valence-corrected chi connectivity index (χ2v) is 7.57. The number of imide groups is 1. The fourth-order valence-corrected chi connectivity index (χ4v) is 3.56. The number of carbonyl (C=O) groups is 3. The van der Waals surface area contributed by atoms with Crippen molar-refractivity contribution >= 4 is 23.5 Å². The first-order valence-corrected chi connectivity index (χ1v) is 9.51. The summed E-state index contributed by atoms with van der Waals surface area (Å²) in [5, 5.41) is 0. The van der Waals surface area contributed by atoms with Crippen LogP contribution in [0.4, 0.5) is 0 Å². The molecule has 0 N–H and O–H groups in total. The van der Waals surface area contributed by atoms with E-state index < -0.39 is 29.5 Å². The van der Waals surface area contributed by atoms with E-state index in [-0.39, 0.29) is 6.54 Å². The fraction of sp³-hybridized carbons (Fsp3) is 0.261. The number of carbonyl (C=O) groups excluding carboxylic acids is 3. The average molecular weight is 407 g/mol. The molecule has 2 aliphatic rings. The van der Waals surface area contributed by atoms with E-state index in [0.29, 0.717) is 22.4 Å². The van der Waals surface area contributed by atoms with Gasteiger partial charge in [-0.3, -0.25) is 19.3 Å². The Balaban J connectivity index is 1.58. The molecule has 2 amide bonds. The van der Waals surface area contributed by atoms with E-state index >= 15 is 0 Å². The first kappa shape index (κ1) is 19.7. The van der Waals surface area contributed by atoms with Gasteiger partial charge in [0, 0.05) is 26.0 Å². The number of rotatable bonds is 5. The van der Waals surface area contributed by atoms with Crippen molar-refractivity contribution in [3.63, 3.8) is 0 Å². The molecule has 0 aromatic heterocycles. The number of hydrogen-bond acceptors (Lipinski definition) is 6. The van der Waals surface area contributed by atoms with Crippen LogP contribution in [-0.2, 0) is 19.0 Å². The van der Waals surface area contributed by atoms with Crippen LogP contribution in [0.1, 0.15) is 51.6 Å². The lowest BCUT2D eigenvalue weighted by molar-refractivity contribution is -0.142. The third kappa shape index (κ3) is 3.43. The highest BCUT2D eigenvalue weighted by Gasteiger charge is 2.38. The Morgan fingerprint density at radius 1 is 1.03 bits per heavy atom. The van der Waals surface area contributed by atoms with Gasteiger partial charge in [-0.05, 0) is 17.7 Å². The monoisotopic (exact) mass is 407 g/mol. The van der Waals surface area contributed by atoms with Crippen LogP contribution in [0.5, 0.6) is 0 Å². The molecule has 0 saturated carbocycles. The van der Waals surface area contributed by atoms with Crippen molar-refractivity contribution in [3.05, 3.63) is 77.0 Å². The van der Waals surface area contributed by atoms with Gasteiger partial charge in [0.05, 0.1) is 24.2 Å². The minimum absolute atomic E-state index is 0.103. The minimum atomic E-state index is -0.808. The number of ether oxygens (including phenoxy) is 3. The van der Waals surface area contributed by atoms with Gasteiger partial charge in [0.2, 0.25) is 5.79 Å². The lowest BCUT2D eigenvalue weighted by Crippen LogP contribution is -2.36. The summed E-state index contributed by atoms with van der Waals surface area (Å²) in [4.78, 5) is 39.0. The molecule has 2 aromatic rings. The number of benzene rings is 2. The molecular formula is C23H21NO6. The molecule has 1 unspecified atom stereocenters. The van der Waals surface area contributed by atoms with Gasteiger partial charge >= 0.3 is 5.97 Å². The highest BCUT2D eigenvalue weighted by atomic mass is 16.7. The lowest BCUT2D eigenvalue weighted by atomic mass is 9.97. The maximum absolute atomic E-state index is 12.7. The van der Waals surface area contributed by atoms with Gasteiger partial charge in [-0.1, -0.05) is 36.4 Å². The predicted molar refractivity (Wildman–Crippen MR) is 107 cm³/mol. The van der Waals surface area contributed by atoms with Crippen LogP contribution in [0.3, 0.4) is 0 Å². The number of hydrogen-bond donors (Lipinski definition) is 0. The van der Waals surface area contributed by atoms with Crippen molar-refractivity contribution in [2.75, 3.05) is 13.7 Å². The number of fused-ring (bicyclic) bond motifs is 1. The van der Waals surface area contributed by atoms with E-state index in [1.54, 1.807) is 68.6 Å². The summed E-state index contributed by atoms with van der Waals surface area (Å²) in [6, 6.07) is 13.7. The van der Waals surface area contributed by atoms with Crippen LogP contribution in [0.15, 0.2) is 54.8 Å². The van der Waals surface area contributed by atoms with Crippen molar-refractivity contribution < 1.29 is 28.6 Å². The van der Waals surface area contributed by atoms with Crippen molar-refractivity contribution in [1.82, 2.24) is 4.90 Å². The van der Waals surface area contributed by atoms with Gasteiger partial charge in [-0.2, -0.15) is 0 Å². The van der Waals surface area contributed by atoms with Gasteiger partial charge in [-0.25, -0.2) is 0 Å². The molecular weight excluding hydrogens is 386 g/mol. The van der Waals surface area contributed by atoms with E-state index in [2.05, 4.69) is 0 Å². The second-order valence-electron chi connectivity index (χ2n) is 7.57. The molecule has 2 heterocycles. The largest absolute Gasteiger partial charge is 0.468 e. The Kier molecular flexibility index (Phi) is 4.81. The van der Waals surface area contributed by atoms with Gasteiger partial charge in [0.25, 0.3) is 11.8 Å². The SMILES string of the molecule is COC(=O)C(CN1C(=O)c2ccccc2C1=O)c1ccc(C2=COC(C)(C)O2)cc1. The van der Waals surface area contributed by atoms with Gasteiger partial charge < -0.3 is 14.2 Å². The Morgan fingerprint density at radius 2 is 1.63 bits per heavy atom. The average Bonchev–Trinajstić information content (AvgIpc) is 3.23. The summed E-state index contributed by atoms with van der Waals surface area (Å²) in [6.45, 7) is 3.51. The molecule has 7 nitrogen and oxygen atoms in total. The molecule has 0 aliphatic carbocycles. The molecule has 4 rings (SSSR count). The molecule has 0 spiro atoms. The standard InChI is InChI=1S/C23H21NO6/c1-23(2)29-13-19(30-23)15-10-8-14(9-11-15)18(22(27)28-3)12-24-20(25)16-6-4-5-7-17(16)21(24)26/h4-11,13,18H,12H2,1-3H3. The number of nitrogens with zero attached hydrogens (tertiary/aromatic N) is 1. The Bertz CT molecular complexity index is 1020. The predicted octanol–water partition coefficient (Wildman–Crippen LogP) is 3.32. The zero-order valence-electron chi connectivity index (χ0n) is 16.9. The fourth-order valence-electron chi connectivity index (χ4n) is 3.56. The number of esters is 1. The van der Waals surface area contributed by atoms with Crippen molar-refractivity contribution in [1.29, 1.82) is 0 Å². The number of amides is 2. The van der Waals surface area contributed by atoms with E-state index in [9.17, 15) is 14.4 Å². The first-order valence-electron chi connectivity index (χ1n) is 9.51. The van der Waals surface area contributed by atoms with Gasteiger partial charge in [0.1, 0.15) is 6.26 Å². The molecule has 2 aromatic carbocycles. The normalized spacial score (nSPS) is 17.7. The summed E-state index contributed by atoms with van der Waals surface area (Å²) in [7, 11) is 1.28. The van der Waals surface area contributed by atoms with E-state index in [4.69, 9.17) is 14.2 Å². The summed E-state index contributed by atoms with van der Waals surface area (Å²) >= 11 is 0. The van der Waals surface area contributed by atoms with Crippen molar-refractivity contribution in [3.8, 4) is 0 Å². The zero-order chi connectivity index (χ0) is 21.5. The first-order chi connectivity index (χ1) is 14.3. The molecule has 0 fully saturated rings. The molecule has 0 saturated heterocycles. The molecule has 0 radical (unpaired) electrons. The molecule has 0 bridgehead atoms. The summed E-state index contributed by atoms with van der Waals surface area (Å²) in [5.74, 6) is -2.30. The summed E-state index contributed by atoms with van der Waals surface area (Å²) < 4.78 is 16.1. The van der Waals surface area contributed by atoms with Gasteiger partial charge in [-0.15, -0.1) is 0 Å². The summed E-state index contributed by atoms with van der Waals surface area (Å²) in [5.41, 5.74) is 2.10. The van der Waals surface area contributed by atoms with E-state index in [1.807, 2.05) is 0 Å². The Labute approximate surface area is 173 Å². The van der Waals surface area contributed by atoms with Crippen LogP contribution < -0.4 is 0 Å².